The van der Waals surface area contributed by atoms with E-state index in [1.807, 2.05) is 23.7 Å². The van der Waals surface area contributed by atoms with Crippen LogP contribution in [0, 0.1) is 0 Å². The number of hydrogen-bond donors (Lipinski definition) is 1. The van der Waals surface area contributed by atoms with Gasteiger partial charge in [0, 0.05) is 70.5 Å². The summed E-state index contributed by atoms with van der Waals surface area (Å²) in [5.41, 5.74) is 10.8. The maximum absolute atomic E-state index is 5.86. The van der Waals surface area contributed by atoms with Crippen molar-refractivity contribution in [1.82, 2.24) is 20.1 Å². The van der Waals surface area contributed by atoms with Crippen molar-refractivity contribution in [1.29, 1.82) is 0 Å². The predicted molar refractivity (Wildman–Crippen MR) is 140 cm³/mol. The molecule has 1 N–H and O–H groups in total. The number of nitrogens with zero attached hydrogens (tertiary/aromatic N) is 4. The van der Waals surface area contributed by atoms with Gasteiger partial charge in [-0.15, -0.1) is 11.3 Å². The molecule has 1 aliphatic carbocycles. The fourth-order valence-electron chi connectivity index (χ4n) is 5.64. The molecule has 3 aliphatic rings. The molecule has 1 saturated heterocycles. The normalized spacial score (nSPS) is 20.7. The van der Waals surface area contributed by atoms with Crippen LogP contribution in [0.25, 0.3) is 33.0 Å². The number of aromatic nitrogens is 3. The van der Waals surface area contributed by atoms with Gasteiger partial charge in [0.1, 0.15) is 0 Å². The average molecular weight is 482 g/mol. The Morgan fingerprint density at radius 3 is 2.77 bits per heavy atom. The Morgan fingerprint density at radius 2 is 1.94 bits per heavy atom. The maximum atomic E-state index is 5.86. The molecule has 7 rings (SSSR count). The van der Waals surface area contributed by atoms with E-state index in [0.717, 1.165) is 49.7 Å². The van der Waals surface area contributed by atoms with Crippen molar-refractivity contribution in [2.75, 3.05) is 13.1 Å². The lowest BCUT2D eigenvalue weighted by molar-refractivity contribution is -0.0707. The van der Waals surface area contributed by atoms with Crippen LogP contribution in [0.4, 0.5) is 0 Å². The molecule has 0 bridgehead atoms. The molecule has 6 nitrogen and oxygen atoms in total. The first-order chi connectivity index (χ1) is 17.1. The van der Waals surface area contributed by atoms with E-state index in [-0.39, 0.29) is 12.2 Å². The van der Waals surface area contributed by atoms with Gasteiger partial charge in [-0.25, -0.2) is 0 Å². The minimum absolute atomic E-state index is 0.274. The lowest BCUT2D eigenvalue weighted by Gasteiger charge is -2.35. The van der Waals surface area contributed by atoms with Crippen molar-refractivity contribution in [3.05, 3.63) is 69.9 Å². The zero-order chi connectivity index (χ0) is 23.5. The quantitative estimate of drug-likeness (QED) is 0.378. The van der Waals surface area contributed by atoms with E-state index < -0.39 is 0 Å². The number of fused-ring (bicyclic) bond motifs is 4. The van der Waals surface area contributed by atoms with Gasteiger partial charge in [0.2, 0.25) is 0 Å². The van der Waals surface area contributed by atoms with Gasteiger partial charge in [0.25, 0.3) is 0 Å². The van der Waals surface area contributed by atoms with Gasteiger partial charge in [-0.2, -0.15) is 5.10 Å². The molecule has 1 fully saturated rings. The summed E-state index contributed by atoms with van der Waals surface area (Å²) in [7, 11) is 0. The number of aromatic amines is 1. The molecule has 176 valence electrons. The van der Waals surface area contributed by atoms with E-state index >= 15 is 0 Å². The molecule has 0 amide bonds. The molecule has 1 aromatic carbocycles. The van der Waals surface area contributed by atoms with Gasteiger partial charge in [0.05, 0.1) is 35.8 Å². The number of pyridine rings is 1. The molecule has 0 unspecified atom stereocenters. The number of benzene rings is 1. The summed E-state index contributed by atoms with van der Waals surface area (Å²) in [4.78, 5) is 14.3. The fraction of sp³-hybridized carbons (Fsp3) is 0.321. The van der Waals surface area contributed by atoms with E-state index in [4.69, 9.17) is 14.8 Å². The first kappa shape index (κ1) is 21.2. The minimum atomic E-state index is 0.274. The maximum Gasteiger partial charge on any atom is 0.0963 e. The number of hydrogen-bond acceptors (Lipinski definition) is 6. The average Bonchev–Trinajstić information content (AvgIpc) is 3.60. The Labute approximate surface area is 208 Å². The second kappa shape index (κ2) is 8.22. The van der Waals surface area contributed by atoms with Crippen molar-refractivity contribution >= 4 is 17.6 Å². The van der Waals surface area contributed by atoms with E-state index in [2.05, 4.69) is 65.2 Å². The molecule has 5 heterocycles. The highest BCUT2D eigenvalue weighted by Gasteiger charge is 2.28. The van der Waals surface area contributed by atoms with Crippen molar-refractivity contribution in [3.8, 4) is 33.0 Å². The van der Waals surface area contributed by atoms with Crippen LogP contribution in [-0.4, -0.2) is 51.6 Å². The summed E-state index contributed by atoms with van der Waals surface area (Å²) in [6, 6.07) is 13.2. The third-order valence-electron chi connectivity index (χ3n) is 7.18. The van der Waals surface area contributed by atoms with Gasteiger partial charge in [0.15, 0.2) is 0 Å². The summed E-state index contributed by atoms with van der Waals surface area (Å²) >= 11 is 1.87. The van der Waals surface area contributed by atoms with Crippen LogP contribution in [0.15, 0.2) is 47.6 Å². The smallest absolute Gasteiger partial charge is 0.0963 e. The molecule has 4 aromatic rings. The number of rotatable bonds is 4. The number of H-pyrrole nitrogens is 1. The molecule has 3 aromatic heterocycles. The van der Waals surface area contributed by atoms with Crippen LogP contribution in [0.3, 0.4) is 0 Å². The van der Waals surface area contributed by atoms with Gasteiger partial charge in [-0.3, -0.25) is 20.0 Å². The number of aliphatic imine (C=N–C) groups is 1. The van der Waals surface area contributed by atoms with Crippen LogP contribution >= 0.6 is 11.3 Å². The van der Waals surface area contributed by atoms with E-state index in [0.29, 0.717) is 0 Å². The minimum Gasteiger partial charge on any atom is -0.373 e. The molecule has 0 saturated carbocycles. The van der Waals surface area contributed by atoms with Crippen LogP contribution in [0.2, 0.25) is 0 Å². The lowest BCUT2D eigenvalue weighted by Crippen LogP contribution is -2.44. The molecule has 7 heteroatoms. The third-order valence-corrected chi connectivity index (χ3v) is 8.37. The fourth-order valence-corrected chi connectivity index (χ4v) is 6.81. The number of ether oxygens (including phenoxy) is 1. The van der Waals surface area contributed by atoms with Gasteiger partial charge < -0.3 is 4.74 Å². The van der Waals surface area contributed by atoms with Gasteiger partial charge in [-0.1, -0.05) is 18.2 Å². The zero-order valence-electron chi connectivity index (χ0n) is 19.9. The van der Waals surface area contributed by atoms with Gasteiger partial charge in [-0.05, 0) is 43.2 Å². The van der Waals surface area contributed by atoms with Crippen LogP contribution in [-0.2, 0) is 24.2 Å². The molecular weight excluding hydrogens is 454 g/mol. The van der Waals surface area contributed by atoms with Crippen LogP contribution in [0.1, 0.15) is 41.1 Å². The first-order valence-electron chi connectivity index (χ1n) is 12.3. The second-order valence-electron chi connectivity index (χ2n) is 9.92. The molecule has 2 atom stereocenters. The molecule has 2 aliphatic heterocycles. The largest absolute Gasteiger partial charge is 0.373 e. The first-order valence-corrected chi connectivity index (χ1v) is 13.1. The third kappa shape index (κ3) is 3.75. The molecular formula is C28H27N5OS. The van der Waals surface area contributed by atoms with Crippen molar-refractivity contribution in [2.24, 2.45) is 4.99 Å². The monoisotopic (exact) mass is 481 g/mol. The molecule has 35 heavy (non-hydrogen) atoms. The number of nitrogens with one attached hydrogen (secondary N) is 1. The highest BCUT2D eigenvalue weighted by Crippen LogP contribution is 2.46. The second-order valence-corrected chi connectivity index (χ2v) is 11.1. The highest BCUT2D eigenvalue weighted by atomic mass is 32.1. The Kier molecular flexibility index (Phi) is 4.98. The Hall–Kier alpha value is -3.13. The van der Waals surface area contributed by atoms with E-state index in [9.17, 15) is 0 Å². The Bertz CT molecular complexity index is 1440. The highest BCUT2D eigenvalue weighted by molar-refractivity contribution is 7.16. The summed E-state index contributed by atoms with van der Waals surface area (Å²) in [6.07, 6.45) is 5.45. The SMILES string of the molecule is C[C@@H]1CN(Cc2ccc(-c3cc4c(s3)Cc3c(-c5ccc6c(c5)CN=C6)n[nH]c3-4)cn2)C[C@H](C)O1. The summed E-state index contributed by atoms with van der Waals surface area (Å²) < 4.78 is 5.86. The standard InChI is InChI=1S/C28H27N5OS/c1-16-13-33(14-17(2)34-16)15-22-6-5-20(12-30-22)25-8-23-26(35-25)9-24-27(31-32-28(23)24)18-3-4-19-10-29-11-21(19)7-18/h3-8,10,12,16-17H,9,11,13-15H2,1-2H3,(H,31,32)/t16-,17+. The lowest BCUT2D eigenvalue weighted by atomic mass is 10.0. The van der Waals surface area contributed by atoms with Crippen molar-refractivity contribution in [3.63, 3.8) is 0 Å². The topological polar surface area (TPSA) is 66.4 Å². The molecule has 0 radical (unpaired) electrons. The Balaban J connectivity index is 1.11. The zero-order valence-corrected chi connectivity index (χ0v) is 20.7. The summed E-state index contributed by atoms with van der Waals surface area (Å²) in [5.74, 6) is 0. The van der Waals surface area contributed by atoms with E-state index in [1.54, 1.807) is 0 Å². The summed E-state index contributed by atoms with van der Waals surface area (Å²) in [5, 5.41) is 8.03. The predicted octanol–water partition coefficient (Wildman–Crippen LogP) is 5.31. The number of morpholine rings is 1. The van der Waals surface area contributed by atoms with Crippen LogP contribution < -0.4 is 0 Å². The van der Waals surface area contributed by atoms with Crippen LogP contribution in [0.5, 0.6) is 0 Å². The van der Waals surface area contributed by atoms with Gasteiger partial charge >= 0.3 is 0 Å². The van der Waals surface area contributed by atoms with Crippen molar-refractivity contribution < 1.29 is 4.74 Å². The number of thiophene rings is 1. The Morgan fingerprint density at radius 1 is 1.09 bits per heavy atom. The summed E-state index contributed by atoms with van der Waals surface area (Å²) in [6.45, 7) is 7.84. The van der Waals surface area contributed by atoms with Crippen molar-refractivity contribution in [2.45, 2.75) is 45.6 Å². The molecule has 0 spiro atoms. The van der Waals surface area contributed by atoms with E-state index in [1.165, 1.54) is 43.1 Å².